The van der Waals surface area contributed by atoms with Crippen LogP contribution in [0.25, 0.3) is 11.5 Å². The second kappa shape index (κ2) is 6.78. The van der Waals surface area contributed by atoms with Crippen molar-refractivity contribution in [2.75, 3.05) is 26.3 Å². The van der Waals surface area contributed by atoms with Crippen molar-refractivity contribution in [1.29, 1.82) is 0 Å². The van der Waals surface area contributed by atoms with Gasteiger partial charge in [-0.3, -0.25) is 4.90 Å². The number of likely N-dealkylation sites (tertiary alicyclic amines) is 1. The van der Waals surface area contributed by atoms with E-state index in [0.717, 1.165) is 31.5 Å². The van der Waals surface area contributed by atoms with Crippen molar-refractivity contribution in [2.45, 2.75) is 25.7 Å². The molecule has 0 amide bonds. The minimum Gasteiger partial charge on any atom is -0.419 e. The summed E-state index contributed by atoms with van der Waals surface area (Å²) >= 11 is 0. The van der Waals surface area contributed by atoms with Gasteiger partial charge in [-0.2, -0.15) is 0 Å². The highest BCUT2D eigenvalue weighted by Gasteiger charge is 2.31. The Labute approximate surface area is 135 Å². The lowest BCUT2D eigenvalue weighted by Gasteiger charge is -2.33. The van der Waals surface area contributed by atoms with E-state index in [9.17, 15) is 0 Å². The summed E-state index contributed by atoms with van der Waals surface area (Å²) in [4.78, 5) is 2.35. The molecule has 122 valence electrons. The van der Waals surface area contributed by atoms with Crippen molar-refractivity contribution in [1.82, 2.24) is 15.1 Å². The van der Waals surface area contributed by atoms with Crippen LogP contribution < -0.4 is 0 Å². The summed E-state index contributed by atoms with van der Waals surface area (Å²) in [6, 6.07) is 9.86. The average Bonchev–Trinajstić information content (AvgIpc) is 3.28. The third-order valence-electron chi connectivity index (χ3n) is 4.42. The molecule has 0 saturated carbocycles. The summed E-state index contributed by atoms with van der Waals surface area (Å²) in [6.07, 6.45) is 2.26. The topological polar surface area (TPSA) is 60.6 Å². The maximum absolute atomic E-state index is 5.81. The molecule has 2 aliphatic rings. The molecule has 6 heteroatoms. The monoisotopic (exact) mass is 315 g/mol. The Morgan fingerprint density at radius 1 is 1.09 bits per heavy atom. The van der Waals surface area contributed by atoms with Crippen molar-refractivity contribution in [2.24, 2.45) is 5.92 Å². The molecule has 1 unspecified atom stereocenters. The van der Waals surface area contributed by atoms with Gasteiger partial charge in [-0.25, -0.2) is 0 Å². The van der Waals surface area contributed by atoms with Crippen molar-refractivity contribution >= 4 is 0 Å². The van der Waals surface area contributed by atoms with Crippen LogP contribution in [0.4, 0.5) is 0 Å². The zero-order chi connectivity index (χ0) is 15.5. The molecular formula is C17H21N3O3. The Balaban J connectivity index is 1.39. The van der Waals surface area contributed by atoms with Gasteiger partial charge < -0.3 is 13.9 Å². The summed E-state index contributed by atoms with van der Waals surface area (Å²) in [6.45, 7) is 4.11. The first kappa shape index (κ1) is 14.8. The molecule has 0 N–H and O–H groups in total. The lowest BCUT2D eigenvalue weighted by Crippen LogP contribution is -2.40. The van der Waals surface area contributed by atoms with Crippen LogP contribution in [0.5, 0.6) is 0 Å². The smallest absolute Gasteiger partial charge is 0.247 e. The molecule has 1 aromatic carbocycles. The van der Waals surface area contributed by atoms with E-state index in [-0.39, 0.29) is 6.29 Å². The number of rotatable bonds is 4. The van der Waals surface area contributed by atoms with Gasteiger partial charge in [0.25, 0.3) is 0 Å². The minimum absolute atomic E-state index is 0.0413. The fourth-order valence-electron chi connectivity index (χ4n) is 3.31. The Bertz CT molecular complexity index is 625. The second-order valence-corrected chi connectivity index (χ2v) is 6.11. The van der Waals surface area contributed by atoms with Gasteiger partial charge in [-0.05, 0) is 31.5 Å². The Hall–Kier alpha value is -1.76. The lowest BCUT2D eigenvalue weighted by atomic mass is 9.97. The first-order chi connectivity index (χ1) is 11.4. The summed E-state index contributed by atoms with van der Waals surface area (Å²) in [7, 11) is 0. The van der Waals surface area contributed by atoms with E-state index < -0.39 is 0 Å². The van der Waals surface area contributed by atoms with Gasteiger partial charge in [0, 0.05) is 18.0 Å². The molecule has 2 saturated heterocycles. The van der Waals surface area contributed by atoms with E-state index in [1.807, 2.05) is 30.3 Å². The maximum atomic E-state index is 5.81. The van der Waals surface area contributed by atoms with Crippen LogP contribution in [-0.2, 0) is 16.0 Å². The van der Waals surface area contributed by atoms with Crippen LogP contribution >= 0.6 is 0 Å². The SMILES string of the molecule is c1ccc(-c2nnc(CN3CCCC(C4OCCO4)C3)o2)cc1. The van der Waals surface area contributed by atoms with Crippen molar-refractivity contribution in [3.05, 3.63) is 36.2 Å². The number of nitrogens with zero attached hydrogens (tertiary/aromatic N) is 3. The highest BCUT2D eigenvalue weighted by atomic mass is 16.7. The molecule has 4 rings (SSSR count). The zero-order valence-corrected chi connectivity index (χ0v) is 13.1. The third kappa shape index (κ3) is 3.44. The van der Waals surface area contributed by atoms with Gasteiger partial charge in [0.1, 0.15) is 0 Å². The number of hydrogen-bond donors (Lipinski definition) is 0. The van der Waals surface area contributed by atoms with Crippen LogP contribution in [0.3, 0.4) is 0 Å². The largest absolute Gasteiger partial charge is 0.419 e. The highest BCUT2D eigenvalue weighted by molar-refractivity contribution is 5.51. The number of piperidine rings is 1. The Morgan fingerprint density at radius 2 is 1.91 bits per heavy atom. The molecule has 6 nitrogen and oxygen atoms in total. The molecule has 0 aliphatic carbocycles. The van der Waals surface area contributed by atoms with Gasteiger partial charge in [-0.1, -0.05) is 18.2 Å². The highest BCUT2D eigenvalue weighted by Crippen LogP contribution is 2.26. The first-order valence-electron chi connectivity index (χ1n) is 8.22. The summed E-state index contributed by atoms with van der Waals surface area (Å²) in [5.74, 6) is 1.68. The zero-order valence-electron chi connectivity index (χ0n) is 13.1. The quantitative estimate of drug-likeness (QED) is 0.863. The predicted molar refractivity (Wildman–Crippen MR) is 83.4 cm³/mol. The van der Waals surface area contributed by atoms with Crippen molar-refractivity contribution in [3.63, 3.8) is 0 Å². The molecule has 1 atom stereocenters. The number of benzene rings is 1. The van der Waals surface area contributed by atoms with Crippen LogP contribution in [0.15, 0.2) is 34.7 Å². The molecule has 0 radical (unpaired) electrons. The van der Waals surface area contributed by atoms with E-state index in [0.29, 0.717) is 37.5 Å². The maximum Gasteiger partial charge on any atom is 0.247 e. The van der Waals surface area contributed by atoms with Crippen LogP contribution in [0.1, 0.15) is 18.7 Å². The third-order valence-corrected chi connectivity index (χ3v) is 4.42. The van der Waals surface area contributed by atoms with E-state index in [1.54, 1.807) is 0 Å². The predicted octanol–water partition coefficient (Wildman–Crippen LogP) is 2.32. The molecule has 2 aliphatic heterocycles. The van der Waals surface area contributed by atoms with Crippen molar-refractivity contribution in [3.8, 4) is 11.5 Å². The van der Waals surface area contributed by atoms with Crippen molar-refractivity contribution < 1.29 is 13.9 Å². The van der Waals surface area contributed by atoms with Crippen LogP contribution in [-0.4, -0.2) is 47.7 Å². The van der Waals surface area contributed by atoms with Gasteiger partial charge in [0.05, 0.1) is 19.8 Å². The summed E-state index contributed by atoms with van der Waals surface area (Å²) in [5, 5.41) is 8.34. The van der Waals surface area contributed by atoms with E-state index in [4.69, 9.17) is 13.9 Å². The molecule has 3 heterocycles. The standard InChI is InChI=1S/C17H21N3O3/c1-2-5-13(6-3-1)16-19-18-15(23-16)12-20-8-4-7-14(11-20)17-21-9-10-22-17/h1-3,5-6,14,17H,4,7-12H2. The van der Waals surface area contributed by atoms with Gasteiger partial charge in [0.15, 0.2) is 6.29 Å². The summed E-state index contributed by atoms with van der Waals surface area (Å²) in [5.41, 5.74) is 0.954. The van der Waals surface area contributed by atoms with Gasteiger partial charge in [-0.15, -0.1) is 10.2 Å². The molecule has 0 spiro atoms. The number of ether oxygens (including phenoxy) is 2. The number of hydrogen-bond acceptors (Lipinski definition) is 6. The van der Waals surface area contributed by atoms with Gasteiger partial charge in [0.2, 0.25) is 11.8 Å². The first-order valence-corrected chi connectivity index (χ1v) is 8.22. The average molecular weight is 315 g/mol. The second-order valence-electron chi connectivity index (χ2n) is 6.11. The van der Waals surface area contributed by atoms with Gasteiger partial charge >= 0.3 is 0 Å². The van der Waals surface area contributed by atoms with Crippen LogP contribution in [0, 0.1) is 5.92 Å². The number of aromatic nitrogens is 2. The fourth-order valence-corrected chi connectivity index (χ4v) is 3.31. The van der Waals surface area contributed by atoms with E-state index in [2.05, 4.69) is 15.1 Å². The molecule has 2 fully saturated rings. The molecule has 23 heavy (non-hydrogen) atoms. The molecule has 1 aromatic heterocycles. The Morgan fingerprint density at radius 3 is 2.74 bits per heavy atom. The van der Waals surface area contributed by atoms with E-state index in [1.165, 1.54) is 0 Å². The summed E-state index contributed by atoms with van der Waals surface area (Å²) < 4.78 is 17.1. The normalized spacial score (nSPS) is 23.4. The molecule has 2 aromatic rings. The minimum atomic E-state index is -0.0413. The fraction of sp³-hybridized carbons (Fsp3) is 0.529. The van der Waals surface area contributed by atoms with Crippen LogP contribution in [0.2, 0.25) is 0 Å². The van der Waals surface area contributed by atoms with E-state index >= 15 is 0 Å². The molecular weight excluding hydrogens is 294 g/mol. The lowest BCUT2D eigenvalue weighted by molar-refractivity contribution is -0.101. The Kier molecular flexibility index (Phi) is 4.37. The molecule has 0 bridgehead atoms.